The Morgan fingerprint density at radius 3 is 2.50 bits per heavy atom. The first-order valence-electron chi connectivity index (χ1n) is 6.78. The Balaban J connectivity index is 1.93. The zero-order valence-electron chi connectivity index (χ0n) is 11.0. The minimum Gasteiger partial charge on any atom is -0.381 e. The third kappa shape index (κ3) is 3.47. The standard InChI is InChI=1S/C15H21BrFN/c1-10(2)11-3-6-13(7-4-11)18-15-9-12(17)5-8-14(15)16/h5,8-11,13,18H,3-4,6-7H2,1-2H3. The maximum atomic E-state index is 13.2. The normalized spacial score (nSPS) is 24.3. The molecule has 0 bridgehead atoms. The number of hydrogen-bond acceptors (Lipinski definition) is 1. The van der Waals surface area contributed by atoms with E-state index in [0.29, 0.717) is 6.04 Å². The Morgan fingerprint density at radius 2 is 1.89 bits per heavy atom. The molecule has 0 aromatic heterocycles. The van der Waals surface area contributed by atoms with Gasteiger partial charge >= 0.3 is 0 Å². The van der Waals surface area contributed by atoms with Crippen LogP contribution >= 0.6 is 15.9 Å². The van der Waals surface area contributed by atoms with Crippen LogP contribution in [0.15, 0.2) is 22.7 Å². The molecule has 1 saturated carbocycles. The van der Waals surface area contributed by atoms with Crippen molar-refractivity contribution in [2.24, 2.45) is 11.8 Å². The second kappa shape index (κ2) is 6.05. The van der Waals surface area contributed by atoms with Crippen molar-refractivity contribution in [3.8, 4) is 0 Å². The topological polar surface area (TPSA) is 12.0 Å². The smallest absolute Gasteiger partial charge is 0.125 e. The molecule has 1 aliphatic rings. The van der Waals surface area contributed by atoms with Gasteiger partial charge in [0.15, 0.2) is 0 Å². The van der Waals surface area contributed by atoms with Gasteiger partial charge in [0.1, 0.15) is 5.82 Å². The van der Waals surface area contributed by atoms with Gasteiger partial charge in [-0.15, -0.1) is 0 Å². The van der Waals surface area contributed by atoms with Gasteiger partial charge in [-0.1, -0.05) is 13.8 Å². The number of benzene rings is 1. The summed E-state index contributed by atoms with van der Waals surface area (Å²) in [6.45, 7) is 4.61. The van der Waals surface area contributed by atoms with Gasteiger partial charge < -0.3 is 5.32 Å². The molecule has 2 rings (SSSR count). The molecule has 1 aliphatic carbocycles. The van der Waals surface area contributed by atoms with E-state index in [9.17, 15) is 4.39 Å². The van der Waals surface area contributed by atoms with Gasteiger partial charge in [-0.05, 0) is 71.6 Å². The predicted molar refractivity (Wildman–Crippen MR) is 78.3 cm³/mol. The van der Waals surface area contributed by atoms with E-state index >= 15 is 0 Å². The van der Waals surface area contributed by atoms with Crippen LogP contribution in [0, 0.1) is 17.7 Å². The van der Waals surface area contributed by atoms with Crippen molar-refractivity contribution in [1.82, 2.24) is 0 Å². The maximum Gasteiger partial charge on any atom is 0.125 e. The van der Waals surface area contributed by atoms with Gasteiger partial charge in [0.2, 0.25) is 0 Å². The fraction of sp³-hybridized carbons (Fsp3) is 0.600. The minimum atomic E-state index is -0.184. The summed E-state index contributed by atoms with van der Waals surface area (Å²) in [5.41, 5.74) is 0.878. The largest absolute Gasteiger partial charge is 0.381 e. The Hall–Kier alpha value is -0.570. The van der Waals surface area contributed by atoms with Crippen LogP contribution in [-0.4, -0.2) is 6.04 Å². The van der Waals surface area contributed by atoms with E-state index in [0.717, 1.165) is 22.0 Å². The summed E-state index contributed by atoms with van der Waals surface area (Å²) in [7, 11) is 0. The van der Waals surface area contributed by atoms with Crippen LogP contribution in [0.4, 0.5) is 10.1 Å². The van der Waals surface area contributed by atoms with Crippen LogP contribution in [-0.2, 0) is 0 Å². The molecule has 0 spiro atoms. The van der Waals surface area contributed by atoms with E-state index in [1.54, 1.807) is 12.1 Å². The van der Waals surface area contributed by atoms with Crippen LogP contribution in [0.1, 0.15) is 39.5 Å². The number of anilines is 1. The van der Waals surface area contributed by atoms with E-state index in [4.69, 9.17) is 0 Å². The minimum absolute atomic E-state index is 0.184. The highest BCUT2D eigenvalue weighted by molar-refractivity contribution is 9.10. The Labute approximate surface area is 117 Å². The predicted octanol–water partition coefficient (Wildman–Crippen LogP) is 5.21. The molecular weight excluding hydrogens is 293 g/mol. The Bertz CT molecular complexity index is 397. The molecule has 0 atom stereocenters. The van der Waals surface area contributed by atoms with Crippen molar-refractivity contribution >= 4 is 21.6 Å². The van der Waals surface area contributed by atoms with E-state index in [1.807, 2.05) is 0 Å². The molecular formula is C15H21BrFN. The van der Waals surface area contributed by atoms with Crippen molar-refractivity contribution in [2.45, 2.75) is 45.6 Å². The summed E-state index contributed by atoms with van der Waals surface area (Å²) in [6.07, 6.45) is 4.93. The average molecular weight is 314 g/mol. The van der Waals surface area contributed by atoms with E-state index in [-0.39, 0.29) is 5.82 Å². The number of hydrogen-bond donors (Lipinski definition) is 1. The van der Waals surface area contributed by atoms with Gasteiger partial charge in [0.25, 0.3) is 0 Å². The first-order valence-corrected chi connectivity index (χ1v) is 7.57. The molecule has 0 heterocycles. The van der Waals surface area contributed by atoms with E-state index in [2.05, 4.69) is 35.1 Å². The molecule has 1 aromatic rings. The maximum absolute atomic E-state index is 13.2. The van der Waals surface area contributed by atoms with Gasteiger partial charge in [-0.3, -0.25) is 0 Å². The molecule has 1 N–H and O–H groups in total. The molecule has 1 nitrogen and oxygen atoms in total. The quantitative estimate of drug-likeness (QED) is 0.807. The highest BCUT2D eigenvalue weighted by Crippen LogP contribution is 2.32. The van der Waals surface area contributed by atoms with Gasteiger partial charge in [0.05, 0.1) is 5.69 Å². The highest BCUT2D eigenvalue weighted by Gasteiger charge is 2.23. The lowest BCUT2D eigenvalue weighted by Crippen LogP contribution is -2.28. The number of rotatable bonds is 3. The Kier molecular flexibility index (Phi) is 4.66. The summed E-state index contributed by atoms with van der Waals surface area (Å²) in [5, 5.41) is 3.46. The van der Waals surface area contributed by atoms with Crippen molar-refractivity contribution in [3.05, 3.63) is 28.5 Å². The van der Waals surface area contributed by atoms with Crippen molar-refractivity contribution in [3.63, 3.8) is 0 Å². The third-order valence-electron chi connectivity index (χ3n) is 4.00. The van der Waals surface area contributed by atoms with Crippen LogP contribution in [0.25, 0.3) is 0 Å². The fourth-order valence-corrected chi connectivity index (χ4v) is 3.12. The fourth-order valence-electron chi connectivity index (χ4n) is 2.76. The zero-order valence-corrected chi connectivity index (χ0v) is 12.6. The second-order valence-corrected chi connectivity index (χ2v) is 6.48. The van der Waals surface area contributed by atoms with Gasteiger partial charge in [-0.25, -0.2) is 4.39 Å². The molecule has 1 fully saturated rings. The molecule has 0 unspecified atom stereocenters. The Morgan fingerprint density at radius 1 is 1.22 bits per heavy atom. The first kappa shape index (κ1) is 13.9. The van der Waals surface area contributed by atoms with Crippen molar-refractivity contribution in [1.29, 1.82) is 0 Å². The van der Waals surface area contributed by atoms with Crippen LogP contribution in [0.2, 0.25) is 0 Å². The van der Waals surface area contributed by atoms with E-state index < -0.39 is 0 Å². The second-order valence-electron chi connectivity index (χ2n) is 5.62. The molecule has 3 heteroatoms. The van der Waals surface area contributed by atoms with Crippen LogP contribution in [0.5, 0.6) is 0 Å². The lowest BCUT2D eigenvalue weighted by molar-refractivity contribution is 0.267. The van der Waals surface area contributed by atoms with Crippen molar-refractivity contribution < 1.29 is 4.39 Å². The van der Waals surface area contributed by atoms with Crippen LogP contribution < -0.4 is 5.32 Å². The highest BCUT2D eigenvalue weighted by atomic mass is 79.9. The van der Waals surface area contributed by atoms with Crippen LogP contribution in [0.3, 0.4) is 0 Å². The monoisotopic (exact) mass is 313 g/mol. The van der Waals surface area contributed by atoms with Gasteiger partial charge in [0, 0.05) is 10.5 Å². The molecule has 100 valence electrons. The summed E-state index contributed by atoms with van der Waals surface area (Å²) in [5.74, 6) is 1.46. The van der Waals surface area contributed by atoms with Gasteiger partial charge in [-0.2, -0.15) is 0 Å². The lowest BCUT2D eigenvalue weighted by atomic mass is 9.79. The molecule has 0 amide bonds. The molecule has 1 aromatic carbocycles. The molecule has 18 heavy (non-hydrogen) atoms. The summed E-state index contributed by atoms with van der Waals surface area (Å²) in [6, 6.07) is 5.29. The zero-order chi connectivity index (χ0) is 13.1. The molecule has 0 radical (unpaired) electrons. The summed E-state index contributed by atoms with van der Waals surface area (Å²) < 4.78 is 14.1. The molecule has 0 saturated heterocycles. The number of nitrogens with one attached hydrogen (secondary N) is 1. The van der Waals surface area contributed by atoms with Crippen molar-refractivity contribution in [2.75, 3.05) is 5.32 Å². The SMILES string of the molecule is CC(C)C1CCC(Nc2cc(F)ccc2Br)CC1. The lowest BCUT2D eigenvalue weighted by Gasteiger charge is -2.32. The number of halogens is 2. The summed E-state index contributed by atoms with van der Waals surface area (Å²) in [4.78, 5) is 0. The molecule has 0 aliphatic heterocycles. The average Bonchev–Trinajstić information content (AvgIpc) is 2.34. The third-order valence-corrected chi connectivity index (χ3v) is 4.69. The summed E-state index contributed by atoms with van der Waals surface area (Å²) >= 11 is 3.46. The first-order chi connectivity index (χ1) is 8.56. The van der Waals surface area contributed by atoms with E-state index in [1.165, 1.54) is 31.7 Å².